The number of nitrogens with zero attached hydrogens (tertiary/aromatic N) is 2. The second-order valence-electron chi connectivity index (χ2n) is 18.1. The van der Waals surface area contributed by atoms with E-state index in [1.54, 1.807) is 6.08 Å². The van der Waals surface area contributed by atoms with Gasteiger partial charge in [0.2, 0.25) is 0 Å². The Hall–Kier alpha value is -3.84. The van der Waals surface area contributed by atoms with Crippen LogP contribution in [0.1, 0.15) is 161 Å². The summed E-state index contributed by atoms with van der Waals surface area (Å²) < 4.78 is 62.5. The van der Waals surface area contributed by atoms with E-state index in [9.17, 15) is 43.5 Å². The number of hydrogen-bond donors (Lipinski definition) is 5. The minimum Gasteiger partial charge on any atom is -0.462 e. The zero-order valence-corrected chi connectivity index (χ0v) is 44.6. The number of unbranched alkanes of at least 4 members (excludes halogenated alkanes) is 10. The first-order chi connectivity index (χ1) is 35.1. The van der Waals surface area contributed by atoms with Gasteiger partial charge in [-0.3, -0.25) is 23.2 Å². The molecule has 0 bridgehead atoms. The van der Waals surface area contributed by atoms with Crippen molar-refractivity contribution in [2.75, 3.05) is 25.6 Å². The first-order valence-electron chi connectivity index (χ1n) is 26.1. The molecule has 0 saturated carbocycles. The number of phosphoric ester groups is 2. The van der Waals surface area contributed by atoms with Gasteiger partial charge < -0.3 is 44.7 Å². The molecule has 6 N–H and O–H groups in total. The quantitative estimate of drug-likeness (QED) is 0.0134. The van der Waals surface area contributed by atoms with Gasteiger partial charge in [-0.1, -0.05) is 138 Å². The summed E-state index contributed by atoms with van der Waals surface area (Å²) in [6, 6.07) is 1.24. The summed E-state index contributed by atoms with van der Waals surface area (Å²) in [6.45, 7) is 2.00. The highest BCUT2D eigenvalue weighted by Gasteiger charge is 2.46. The average Bonchev–Trinajstić information content (AvgIpc) is 4.04. The Morgan fingerprint density at radius 1 is 0.685 bits per heavy atom. The molecule has 1 aromatic heterocycles. The molecule has 9 atom stereocenters. The van der Waals surface area contributed by atoms with Crippen molar-refractivity contribution in [3.8, 4) is 0 Å². The van der Waals surface area contributed by atoms with Crippen LogP contribution >= 0.6 is 15.6 Å². The number of aliphatic hydroxyl groups is 2. The van der Waals surface area contributed by atoms with Gasteiger partial charge in [0.25, 0.3) is 0 Å². The van der Waals surface area contributed by atoms with Crippen LogP contribution < -0.4 is 11.4 Å². The monoisotopic (exact) mass is 1070 g/mol. The maximum absolute atomic E-state index is 12.9. The summed E-state index contributed by atoms with van der Waals surface area (Å²) in [5.74, 6) is -1.43. The van der Waals surface area contributed by atoms with E-state index in [-0.39, 0.29) is 18.7 Å². The van der Waals surface area contributed by atoms with Crippen molar-refractivity contribution in [2.24, 2.45) is 0 Å². The third-order valence-electron chi connectivity index (χ3n) is 11.7. The lowest BCUT2D eigenvalue weighted by molar-refractivity contribution is -0.161. The maximum Gasteiger partial charge on any atom is 0.481 e. The smallest absolute Gasteiger partial charge is 0.462 e. The molecule has 3 rings (SSSR count). The summed E-state index contributed by atoms with van der Waals surface area (Å²) in [4.78, 5) is 62.0. The third kappa shape index (κ3) is 29.2. The molecule has 19 nitrogen and oxygen atoms in total. The molecule has 0 aromatic carbocycles. The summed E-state index contributed by atoms with van der Waals surface area (Å²) in [6.07, 6.45) is 38.7. The van der Waals surface area contributed by atoms with Crippen molar-refractivity contribution in [1.29, 1.82) is 0 Å². The molecule has 2 fully saturated rings. The fraction of sp³-hybridized carbons (Fsp3) is 0.654. The second-order valence-corrected chi connectivity index (χ2v) is 21.1. The van der Waals surface area contributed by atoms with Crippen molar-refractivity contribution >= 4 is 33.4 Å². The van der Waals surface area contributed by atoms with Crippen LogP contribution in [-0.4, -0.2) is 97.9 Å². The molecular formula is C52H83N3O16P2. The van der Waals surface area contributed by atoms with Crippen molar-refractivity contribution in [3.05, 3.63) is 95.7 Å². The normalized spacial score (nSPS) is 22.3. The van der Waals surface area contributed by atoms with Crippen LogP contribution in [0.3, 0.4) is 0 Å². The fourth-order valence-electron chi connectivity index (χ4n) is 7.54. The molecule has 0 aliphatic carbocycles. The van der Waals surface area contributed by atoms with Gasteiger partial charge in [-0.05, 0) is 83.1 Å². The Morgan fingerprint density at radius 3 is 1.89 bits per heavy atom. The summed E-state index contributed by atoms with van der Waals surface area (Å²) >= 11 is 0. The Balaban J connectivity index is 1.42. The second kappa shape index (κ2) is 37.0. The number of hydrogen-bond acceptors (Lipinski definition) is 16. The highest BCUT2D eigenvalue weighted by molar-refractivity contribution is 7.61. The van der Waals surface area contributed by atoms with Crippen LogP contribution in [0.25, 0.3) is 0 Å². The van der Waals surface area contributed by atoms with Crippen LogP contribution in [-0.2, 0) is 51.0 Å². The van der Waals surface area contributed by atoms with E-state index in [1.807, 2.05) is 18.2 Å². The SMILES string of the molecule is CCCCC/C=C\C/C=C\C/C=C\C/C=C\C/C=C\CCC(=O)O[C@H](COC(=O)CCCCCCCC1OC1C/C=C\CCCCC)COP(=O)(O)OP(=O)(O)OC[C@H]1O[C@@H](n2ccc(N)nc2=O)[C@H](O)[C@@H]1O. The maximum atomic E-state index is 12.9. The average molecular weight is 1070 g/mol. The first-order valence-corrected chi connectivity index (χ1v) is 29.1. The number of allylic oxidation sites excluding steroid dienone is 11. The molecule has 0 spiro atoms. The fourth-order valence-corrected chi connectivity index (χ4v) is 9.65. The van der Waals surface area contributed by atoms with E-state index in [1.165, 1.54) is 44.6 Å². The Kier molecular flexibility index (Phi) is 32.2. The largest absolute Gasteiger partial charge is 0.481 e. The highest BCUT2D eigenvalue weighted by Crippen LogP contribution is 2.60. The first kappa shape index (κ1) is 63.5. The van der Waals surface area contributed by atoms with E-state index in [4.69, 9.17) is 33.7 Å². The molecule has 0 amide bonds. The predicted molar refractivity (Wildman–Crippen MR) is 279 cm³/mol. The molecule has 0 radical (unpaired) electrons. The standard InChI is InChI=1S/C52H83N3O16P2/c1-3-5-7-9-11-12-13-14-15-16-17-18-19-20-21-22-23-27-32-36-48(57)68-42(39-65-47(56)35-31-28-24-26-30-34-44-43(69-44)33-29-25-10-8-6-4-2)40-66-72(61,62)71-73(63,64)67-41-45-49(58)50(59)51(70-45)55-38-37-46(53)54-52(55)60/h11-12,14-15,17-18,20-21,23,25,27,29,37-38,42-45,49-51,58-59H,3-10,13,16,19,22,24,26,28,30-36,39-41H2,1-2H3,(H,61,62)(H,63,64)(H2,53,54,60)/b12-11-,15-14-,18-17-,21-20-,27-23-,29-25-/t42-,43?,44?,45-,49-,50-,51-/m1/s1. The summed E-state index contributed by atoms with van der Waals surface area (Å²) in [5.41, 5.74) is 4.58. The molecule has 3 heterocycles. The molecule has 412 valence electrons. The number of epoxide rings is 1. The van der Waals surface area contributed by atoms with Gasteiger partial charge in [0, 0.05) is 19.0 Å². The molecular weight excluding hydrogens is 985 g/mol. The van der Waals surface area contributed by atoms with Crippen LogP contribution in [0, 0.1) is 0 Å². The van der Waals surface area contributed by atoms with E-state index >= 15 is 0 Å². The van der Waals surface area contributed by atoms with Crippen molar-refractivity contribution in [3.63, 3.8) is 0 Å². The van der Waals surface area contributed by atoms with Crippen LogP contribution in [0.2, 0.25) is 0 Å². The number of carbonyl (C=O) groups is 2. The molecule has 2 aliphatic rings. The number of esters is 2. The number of anilines is 1. The number of rotatable bonds is 41. The molecule has 2 aliphatic heterocycles. The number of phosphoric acid groups is 2. The molecule has 1 aromatic rings. The van der Waals surface area contributed by atoms with Crippen molar-refractivity contribution in [1.82, 2.24) is 9.55 Å². The van der Waals surface area contributed by atoms with E-state index in [2.05, 4.69) is 71.8 Å². The number of nitrogens with two attached hydrogens (primary N) is 1. The Morgan fingerprint density at radius 2 is 1.26 bits per heavy atom. The predicted octanol–water partition coefficient (Wildman–Crippen LogP) is 9.88. The van der Waals surface area contributed by atoms with Crippen LogP contribution in [0.4, 0.5) is 5.82 Å². The van der Waals surface area contributed by atoms with E-state index in [0.717, 1.165) is 81.4 Å². The molecule has 2 saturated heterocycles. The van der Waals surface area contributed by atoms with Gasteiger partial charge in [0.1, 0.15) is 30.7 Å². The Bertz CT molecular complexity index is 2080. The molecule has 4 unspecified atom stereocenters. The lowest BCUT2D eigenvalue weighted by atomic mass is 10.1. The zero-order valence-electron chi connectivity index (χ0n) is 42.9. The third-order valence-corrected chi connectivity index (χ3v) is 14.3. The van der Waals surface area contributed by atoms with Gasteiger partial charge in [0.15, 0.2) is 12.3 Å². The van der Waals surface area contributed by atoms with Gasteiger partial charge in [0.05, 0.1) is 25.4 Å². The number of carbonyl (C=O) groups excluding carboxylic acids is 2. The zero-order chi connectivity index (χ0) is 53.2. The van der Waals surface area contributed by atoms with Gasteiger partial charge in [-0.2, -0.15) is 9.29 Å². The molecule has 21 heteroatoms. The van der Waals surface area contributed by atoms with Crippen molar-refractivity contribution < 1.29 is 71.0 Å². The van der Waals surface area contributed by atoms with Crippen LogP contribution in [0.15, 0.2) is 90.0 Å². The van der Waals surface area contributed by atoms with E-state index in [0.29, 0.717) is 31.5 Å². The van der Waals surface area contributed by atoms with Gasteiger partial charge >= 0.3 is 33.3 Å². The van der Waals surface area contributed by atoms with Crippen molar-refractivity contribution in [2.45, 2.75) is 198 Å². The number of ether oxygens (including phenoxy) is 4. The summed E-state index contributed by atoms with van der Waals surface area (Å²) in [5, 5.41) is 20.9. The minimum atomic E-state index is -5.45. The number of aliphatic hydroxyl groups excluding tert-OH is 2. The minimum absolute atomic E-state index is 0.0830. The van der Waals surface area contributed by atoms with Crippen LogP contribution in [0.5, 0.6) is 0 Å². The topological polar surface area (TPSA) is 278 Å². The highest BCUT2D eigenvalue weighted by atomic mass is 31.3. The van der Waals surface area contributed by atoms with Gasteiger partial charge in [-0.15, -0.1) is 0 Å². The van der Waals surface area contributed by atoms with Gasteiger partial charge in [-0.25, -0.2) is 13.9 Å². The Labute approximate surface area is 431 Å². The number of nitrogen functional groups attached to an aromatic ring is 1. The van der Waals surface area contributed by atoms with E-state index < -0.39 is 83.7 Å². The number of aromatic nitrogens is 2. The molecule has 73 heavy (non-hydrogen) atoms. The lowest BCUT2D eigenvalue weighted by Gasteiger charge is -2.21. The summed E-state index contributed by atoms with van der Waals surface area (Å²) in [7, 11) is -10.9. The lowest BCUT2D eigenvalue weighted by Crippen LogP contribution is -2.36.